The molecule has 2 aliphatic rings. The first kappa shape index (κ1) is 22.3. The third kappa shape index (κ3) is 4.89. The molecule has 33 heavy (non-hydrogen) atoms. The minimum absolute atomic E-state index is 0.144. The van der Waals surface area contributed by atoms with E-state index >= 15 is 0 Å². The molecule has 5 nitrogen and oxygen atoms in total. The van der Waals surface area contributed by atoms with Crippen LogP contribution in [-0.2, 0) is 11.3 Å². The van der Waals surface area contributed by atoms with Crippen molar-refractivity contribution in [3.8, 4) is 17.3 Å². The Morgan fingerprint density at radius 3 is 2.61 bits per heavy atom. The zero-order chi connectivity index (χ0) is 22.8. The highest BCUT2D eigenvalue weighted by Gasteiger charge is 2.34. The molecule has 1 aliphatic carbocycles. The first-order chi connectivity index (χ1) is 16.1. The van der Waals surface area contributed by atoms with Crippen LogP contribution in [0.1, 0.15) is 54.9 Å². The summed E-state index contributed by atoms with van der Waals surface area (Å²) in [7, 11) is 0. The number of hydrogen-bond donors (Lipinski definition) is 0. The number of nitrogens with zero attached hydrogens (tertiary/aromatic N) is 3. The second-order valence-corrected chi connectivity index (χ2v) is 9.57. The summed E-state index contributed by atoms with van der Waals surface area (Å²) >= 11 is 12.9. The van der Waals surface area contributed by atoms with Crippen LogP contribution >= 0.6 is 23.2 Å². The predicted molar refractivity (Wildman–Crippen MR) is 130 cm³/mol. The molecule has 170 valence electrons. The van der Waals surface area contributed by atoms with E-state index < -0.39 is 0 Å². The summed E-state index contributed by atoms with van der Waals surface area (Å²) in [4.78, 5) is 2.34. The van der Waals surface area contributed by atoms with Crippen molar-refractivity contribution in [1.29, 1.82) is 5.26 Å². The van der Waals surface area contributed by atoms with Crippen molar-refractivity contribution in [3.63, 3.8) is 0 Å². The number of ether oxygens (including phenoxy) is 1. The Morgan fingerprint density at radius 2 is 1.85 bits per heavy atom. The average molecular weight is 482 g/mol. The molecule has 2 fully saturated rings. The third-order valence-corrected chi connectivity index (χ3v) is 7.08. The number of aromatic nitrogens is 1. The van der Waals surface area contributed by atoms with Crippen LogP contribution in [0, 0.1) is 11.3 Å². The van der Waals surface area contributed by atoms with Gasteiger partial charge in [-0.05, 0) is 62.4 Å². The molecular formula is C26H25Cl2N3O2. The fourth-order valence-electron chi connectivity index (χ4n) is 4.51. The van der Waals surface area contributed by atoms with Crippen molar-refractivity contribution in [2.24, 2.45) is 0 Å². The maximum absolute atomic E-state index is 9.21. The highest BCUT2D eigenvalue weighted by molar-refractivity contribution is 6.39. The molecule has 1 unspecified atom stereocenters. The fraction of sp³-hybridized carbons (Fsp3) is 0.385. The topological polar surface area (TPSA) is 62.3 Å². The van der Waals surface area contributed by atoms with Crippen LogP contribution in [-0.4, -0.2) is 24.4 Å². The molecule has 1 atom stereocenters. The molecule has 1 saturated heterocycles. The number of halogens is 2. The monoisotopic (exact) mass is 481 g/mol. The Labute approximate surface area is 203 Å². The van der Waals surface area contributed by atoms with E-state index in [-0.39, 0.29) is 6.10 Å². The Morgan fingerprint density at radius 1 is 1.06 bits per heavy atom. The van der Waals surface area contributed by atoms with E-state index in [4.69, 9.17) is 32.5 Å². The SMILES string of the molecule is N#Cc1cccc(N2CCCC(OCc3c(-c4c(Cl)cccc4Cl)noc3C3CC3)CC2)c1. The second kappa shape index (κ2) is 9.77. The van der Waals surface area contributed by atoms with Gasteiger partial charge in [-0.15, -0.1) is 0 Å². The van der Waals surface area contributed by atoms with E-state index in [0.29, 0.717) is 39.4 Å². The van der Waals surface area contributed by atoms with Gasteiger partial charge in [-0.25, -0.2) is 0 Å². The van der Waals surface area contributed by atoms with Crippen molar-refractivity contribution in [1.82, 2.24) is 5.16 Å². The maximum Gasteiger partial charge on any atom is 0.145 e. The summed E-state index contributed by atoms with van der Waals surface area (Å²) in [5.74, 6) is 1.31. The first-order valence-electron chi connectivity index (χ1n) is 11.4. The largest absolute Gasteiger partial charge is 0.373 e. The van der Waals surface area contributed by atoms with Crippen molar-refractivity contribution in [3.05, 3.63) is 69.4 Å². The number of anilines is 1. The van der Waals surface area contributed by atoms with Crippen molar-refractivity contribution in [2.75, 3.05) is 18.0 Å². The lowest BCUT2D eigenvalue weighted by molar-refractivity contribution is 0.0328. The van der Waals surface area contributed by atoms with Gasteiger partial charge in [0, 0.05) is 35.8 Å². The molecule has 2 aromatic carbocycles. The molecule has 5 rings (SSSR count). The molecule has 0 radical (unpaired) electrons. The Hall–Kier alpha value is -2.52. The Kier molecular flexibility index (Phi) is 6.59. The summed E-state index contributed by atoms with van der Waals surface area (Å²) in [5, 5.41) is 14.7. The van der Waals surface area contributed by atoms with Gasteiger partial charge in [-0.1, -0.05) is 40.5 Å². The van der Waals surface area contributed by atoms with Crippen molar-refractivity contribution in [2.45, 2.75) is 50.7 Å². The number of hydrogen-bond acceptors (Lipinski definition) is 5. The van der Waals surface area contributed by atoms with Gasteiger partial charge in [0.1, 0.15) is 11.5 Å². The van der Waals surface area contributed by atoms with E-state index in [1.165, 1.54) is 0 Å². The lowest BCUT2D eigenvalue weighted by Gasteiger charge is -2.23. The minimum atomic E-state index is 0.144. The summed E-state index contributed by atoms with van der Waals surface area (Å²) in [6, 6.07) is 15.5. The van der Waals surface area contributed by atoms with Crippen LogP contribution in [0.4, 0.5) is 5.69 Å². The van der Waals surface area contributed by atoms with Crippen LogP contribution < -0.4 is 4.90 Å². The van der Waals surface area contributed by atoms with E-state index in [1.54, 1.807) is 0 Å². The minimum Gasteiger partial charge on any atom is -0.373 e. The van der Waals surface area contributed by atoms with E-state index in [2.05, 4.69) is 22.2 Å². The van der Waals surface area contributed by atoms with Crippen LogP contribution in [0.25, 0.3) is 11.3 Å². The summed E-state index contributed by atoms with van der Waals surface area (Å²) < 4.78 is 12.2. The van der Waals surface area contributed by atoms with Crippen LogP contribution in [0.5, 0.6) is 0 Å². The Balaban J connectivity index is 1.31. The van der Waals surface area contributed by atoms with Gasteiger partial charge >= 0.3 is 0 Å². The van der Waals surface area contributed by atoms with Gasteiger partial charge in [0.25, 0.3) is 0 Å². The van der Waals surface area contributed by atoms with Gasteiger partial charge in [-0.3, -0.25) is 0 Å². The van der Waals surface area contributed by atoms with Gasteiger partial charge in [0.15, 0.2) is 0 Å². The van der Waals surface area contributed by atoms with Gasteiger partial charge < -0.3 is 14.2 Å². The molecule has 1 aromatic heterocycles. The second-order valence-electron chi connectivity index (χ2n) is 8.76. The predicted octanol–water partition coefficient (Wildman–Crippen LogP) is 6.97. The zero-order valence-corrected chi connectivity index (χ0v) is 19.8. The molecule has 0 bridgehead atoms. The Bertz CT molecular complexity index is 1160. The normalized spacial score (nSPS) is 18.7. The van der Waals surface area contributed by atoms with E-state index in [1.807, 2.05) is 36.4 Å². The first-order valence-corrected chi connectivity index (χ1v) is 12.2. The highest BCUT2D eigenvalue weighted by Crippen LogP contribution is 2.46. The highest BCUT2D eigenvalue weighted by atomic mass is 35.5. The maximum atomic E-state index is 9.21. The summed E-state index contributed by atoms with van der Waals surface area (Å²) in [6.07, 6.45) is 5.30. The molecule has 1 saturated carbocycles. The molecule has 2 heterocycles. The molecule has 3 aromatic rings. The standard InChI is InChI=1S/C26H25Cl2N3O2/c27-22-7-2-8-23(28)24(22)25-21(26(33-30-25)18-9-10-18)16-32-20-6-3-12-31(13-11-20)19-5-1-4-17(14-19)15-29/h1-2,4-5,7-8,14,18,20H,3,6,9-13,16H2. The van der Waals surface area contributed by atoms with Crippen LogP contribution in [0.2, 0.25) is 10.0 Å². The fourth-order valence-corrected chi connectivity index (χ4v) is 5.09. The molecule has 1 aliphatic heterocycles. The average Bonchev–Trinajstić information content (AvgIpc) is 3.63. The molecular weight excluding hydrogens is 457 g/mol. The van der Waals surface area contributed by atoms with Gasteiger partial charge in [-0.2, -0.15) is 5.26 Å². The van der Waals surface area contributed by atoms with Crippen LogP contribution in [0.15, 0.2) is 47.0 Å². The number of nitriles is 1. The van der Waals surface area contributed by atoms with Crippen molar-refractivity contribution < 1.29 is 9.26 Å². The summed E-state index contributed by atoms with van der Waals surface area (Å²) in [5.41, 5.74) is 4.15. The zero-order valence-electron chi connectivity index (χ0n) is 18.3. The molecule has 0 amide bonds. The van der Waals surface area contributed by atoms with E-state index in [9.17, 15) is 5.26 Å². The molecule has 7 heteroatoms. The quantitative estimate of drug-likeness (QED) is 0.380. The van der Waals surface area contributed by atoms with Gasteiger partial charge in [0.05, 0.1) is 34.4 Å². The van der Waals surface area contributed by atoms with Crippen LogP contribution in [0.3, 0.4) is 0 Å². The summed E-state index contributed by atoms with van der Waals surface area (Å²) in [6.45, 7) is 2.28. The molecule has 0 N–H and O–H groups in total. The van der Waals surface area contributed by atoms with Gasteiger partial charge in [0.2, 0.25) is 0 Å². The molecule has 0 spiro atoms. The number of benzene rings is 2. The lowest BCUT2D eigenvalue weighted by atomic mass is 10.0. The third-order valence-electron chi connectivity index (χ3n) is 6.45. The number of rotatable bonds is 6. The van der Waals surface area contributed by atoms with E-state index in [0.717, 1.165) is 62.2 Å². The van der Waals surface area contributed by atoms with Crippen molar-refractivity contribution >= 4 is 28.9 Å². The smallest absolute Gasteiger partial charge is 0.145 e. The lowest BCUT2D eigenvalue weighted by Crippen LogP contribution is -2.25.